The molecule has 0 aromatic rings. The number of rotatable bonds is 7. The highest BCUT2D eigenvalue weighted by molar-refractivity contribution is 7.85. The van der Waals surface area contributed by atoms with E-state index in [9.17, 15) is 13.0 Å². The van der Waals surface area contributed by atoms with Gasteiger partial charge in [0.25, 0.3) is 0 Å². The lowest BCUT2D eigenvalue weighted by molar-refractivity contribution is 0.0711. The van der Waals surface area contributed by atoms with Gasteiger partial charge in [0, 0.05) is 19.5 Å². The Morgan fingerprint density at radius 3 is 2.42 bits per heavy atom. The monoisotopic (exact) mass is 197 g/mol. The third kappa shape index (κ3) is 9.83. The van der Waals surface area contributed by atoms with Crippen molar-refractivity contribution in [2.75, 3.05) is 32.7 Å². The zero-order valence-corrected chi connectivity index (χ0v) is 7.80. The SMILES string of the molecule is COCCOCCCS(=O)(=O)[O-]. The number of hydrogen-bond donors (Lipinski definition) is 0. The first kappa shape index (κ1) is 11.8. The summed E-state index contributed by atoms with van der Waals surface area (Å²) in [5, 5.41) is 0. The molecule has 0 saturated carbocycles. The van der Waals surface area contributed by atoms with Gasteiger partial charge in [-0.2, -0.15) is 0 Å². The van der Waals surface area contributed by atoms with Crippen molar-refractivity contribution < 1.29 is 22.4 Å². The summed E-state index contributed by atoms with van der Waals surface area (Å²) in [7, 11) is -2.53. The molecule has 0 aromatic carbocycles. The van der Waals surface area contributed by atoms with Gasteiger partial charge in [-0.3, -0.25) is 0 Å². The standard InChI is InChI=1S/C6H14O5S/c1-10-4-5-11-3-2-6-12(7,8)9/h2-6H2,1H3,(H,7,8,9)/p-1. The average molecular weight is 197 g/mol. The fourth-order valence-electron chi connectivity index (χ4n) is 0.582. The summed E-state index contributed by atoms with van der Waals surface area (Å²) in [5.41, 5.74) is 0. The van der Waals surface area contributed by atoms with Crippen LogP contribution in [0.1, 0.15) is 6.42 Å². The molecule has 0 spiro atoms. The molecule has 0 radical (unpaired) electrons. The Bertz CT molecular complexity index is 186. The average Bonchev–Trinajstić information content (AvgIpc) is 1.94. The van der Waals surface area contributed by atoms with Gasteiger partial charge in [0.15, 0.2) is 0 Å². The van der Waals surface area contributed by atoms with Gasteiger partial charge < -0.3 is 14.0 Å². The van der Waals surface area contributed by atoms with Crippen LogP contribution in [0.25, 0.3) is 0 Å². The van der Waals surface area contributed by atoms with Crippen LogP contribution in [0.5, 0.6) is 0 Å². The number of hydrogen-bond acceptors (Lipinski definition) is 5. The van der Waals surface area contributed by atoms with Gasteiger partial charge in [0.05, 0.1) is 23.3 Å². The lowest BCUT2D eigenvalue weighted by Crippen LogP contribution is -2.09. The molecule has 0 aliphatic rings. The molecule has 0 bridgehead atoms. The second-order valence-corrected chi connectivity index (χ2v) is 3.74. The Morgan fingerprint density at radius 2 is 1.92 bits per heavy atom. The summed E-state index contributed by atoms with van der Waals surface area (Å²) in [4.78, 5) is 0. The van der Waals surface area contributed by atoms with Crippen molar-refractivity contribution >= 4 is 10.1 Å². The van der Waals surface area contributed by atoms with E-state index < -0.39 is 10.1 Å². The maximum absolute atomic E-state index is 10.1. The van der Waals surface area contributed by atoms with Crippen LogP contribution in [0.4, 0.5) is 0 Å². The van der Waals surface area contributed by atoms with E-state index in [0.29, 0.717) is 13.2 Å². The van der Waals surface area contributed by atoms with Gasteiger partial charge in [-0.15, -0.1) is 0 Å². The van der Waals surface area contributed by atoms with Gasteiger partial charge in [0.2, 0.25) is 0 Å². The van der Waals surface area contributed by atoms with Crippen molar-refractivity contribution in [3.63, 3.8) is 0 Å². The summed E-state index contributed by atoms with van der Waals surface area (Å²) >= 11 is 0. The number of methoxy groups -OCH3 is 1. The summed E-state index contributed by atoms with van der Waals surface area (Å²) in [6, 6.07) is 0. The molecule has 12 heavy (non-hydrogen) atoms. The first-order valence-electron chi connectivity index (χ1n) is 3.56. The first-order chi connectivity index (χ1) is 5.56. The minimum Gasteiger partial charge on any atom is -0.748 e. The molecule has 0 fully saturated rings. The van der Waals surface area contributed by atoms with E-state index in [1.54, 1.807) is 7.11 Å². The molecule has 0 heterocycles. The topological polar surface area (TPSA) is 75.7 Å². The van der Waals surface area contributed by atoms with Gasteiger partial charge in [-0.1, -0.05) is 0 Å². The summed E-state index contributed by atoms with van der Waals surface area (Å²) in [5.74, 6) is -0.361. The lowest BCUT2D eigenvalue weighted by atomic mass is 10.5. The van der Waals surface area contributed by atoms with Crippen LogP contribution in [0, 0.1) is 0 Å². The molecule has 0 rings (SSSR count). The van der Waals surface area contributed by atoms with Crippen molar-refractivity contribution in [1.29, 1.82) is 0 Å². The Labute approximate surface area is 72.4 Å². The molecule has 6 heteroatoms. The summed E-state index contributed by atoms with van der Waals surface area (Å²) in [6.45, 7) is 1.18. The Balaban J connectivity index is 3.12. The van der Waals surface area contributed by atoms with E-state index in [-0.39, 0.29) is 18.8 Å². The van der Waals surface area contributed by atoms with E-state index in [0.717, 1.165) is 0 Å². The zero-order valence-electron chi connectivity index (χ0n) is 6.99. The molecule has 0 saturated heterocycles. The van der Waals surface area contributed by atoms with Crippen LogP contribution >= 0.6 is 0 Å². The van der Waals surface area contributed by atoms with E-state index in [1.807, 2.05) is 0 Å². The first-order valence-corrected chi connectivity index (χ1v) is 5.14. The Kier molecular flexibility index (Phi) is 6.27. The van der Waals surface area contributed by atoms with Gasteiger partial charge in [-0.25, -0.2) is 8.42 Å². The molecule has 0 aromatic heterocycles. The predicted molar refractivity (Wildman–Crippen MR) is 41.9 cm³/mol. The van der Waals surface area contributed by atoms with Gasteiger partial charge in [0.1, 0.15) is 0 Å². The highest BCUT2D eigenvalue weighted by Crippen LogP contribution is 1.89. The Hall–Kier alpha value is -0.170. The van der Waals surface area contributed by atoms with E-state index >= 15 is 0 Å². The Morgan fingerprint density at radius 1 is 1.25 bits per heavy atom. The molecule has 0 unspecified atom stereocenters. The summed E-state index contributed by atoms with van der Waals surface area (Å²) < 4.78 is 39.9. The highest BCUT2D eigenvalue weighted by atomic mass is 32.2. The normalized spacial score (nSPS) is 11.8. The largest absolute Gasteiger partial charge is 0.748 e. The minimum atomic E-state index is -4.08. The van der Waals surface area contributed by atoms with Crippen LogP contribution in [0.2, 0.25) is 0 Å². The van der Waals surface area contributed by atoms with Crippen LogP contribution in [0.15, 0.2) is 0 Å². The molecule has 0 N–H and O–H groups in total. The second kappa shape index (κ2) is 6.36. The minimum absolute atomic E-state index is 0.246. The van der Waals surface area contributed by atoms with Crippen LogP contribution < -0.4 is 0 Å². The zero-order chi connectivity index (χ0) is 9.45. The van der Waals surface area contributed by atoms with Gasteiger partial charge >= 0.3 is 0 Å². The molecular weight excluding hydrogens is 184 g/mol. The lowest BCUT2D eigenvalue weighted by Gasteiger charge is -2.06. The fourth-order valence-corrected chi connectivity index (χ4v) is 1.05. The van der Waals surface area contributed by atoms with Crippen molar-refractivity contribution in [1.82, 2.24) is 0 Å². The van der Waals surface area contributed by atoms with Crippen molar-refractivity contribution in [2.45, 2.75) is 6.42 Å². The van der Waals surface area contributed by atoms with Crippen LogP contribution in [-0.4, -0.2) is 45.7 Å². The molecule has 0 aliphatic heterocycles. The summed E-state index contributed by atoms with van der Waals surface area (Å²) in [6.07, 6.45) is 0.246. The van der Waals surface area contributed by atoms with Crippen molar-refractivity contribution in [3.8, 4) is 0 Å². The maximum atomic E-state index is 10.1. The smallest absolute Gasteiger partial charge is 0.0946 e. The second-order valence-electron chi connectivity index (χ2n) is 2.22. The third-order valence-electron chi connectivity index (χ3n) is 1.11. The predicted octanol–water partition coefficient (Wildman–Crippen LogP) is -0.415. The molecule has 0 atom stereocenters. The van der Waals surface area contributed by atoms with Crippen LogP contribution in [-0.2, 0) is 19.6 Å². The molecule has 0 aliphatic carbocycles. The van der Waals surface area contributed by atoms with E-state index in [2.05, 4.69) is 4.74 Å². The fraction of sp³-hybridized carbons (Fsp3) is 1.00. The highest BCUT2D eigenvalue weighted by Gasteiger charge is 1.94. The van der Waals surface area contributed by atoms with Crippen LogP contribution in [0.3, 0.4) is 0 Å². The maximum Gasteiger partial charge on any atom is 0.0946 e. The van der Waals surface area contributed by atoms with Gasteiger partial charge in [-0.05, 0) is 6.42 Å². The molecule has 0 amide bonds. The molecule has 5 nitrogen and oxygen atoms in total. The van der Waals surface area contributed by atoms with E-state index in [1.165, 1.54) is 0 Å². The number of ether oxygens (including phenoxy) is 2. The molecule has 74 valence electrons. The molecular formula is C6H13O5S-. The van der Waals surface area contributed by atoms with E-state index in [4.69, 9.17) is 4.74 Å². The van der Waals surface area contributed by atoms with Crippen molar-refractivity contribution in [3.05, 3.63) is 0 Å². The quantitative estimate of drug-likeness (QED) is 0.409. The van der Waals surface area contributed by atoms with Crippen molar-refractivity contribution in [2.24, 2.45) is 0 Å². The third-order valence-corrected chi connectivity index (χ3v) is 1.90.